The largest absolute Gasteiger partial charge is 0.377 e. The molecule has 1 saturated heterocycles. The first-order valence-electron chi connectivity index (χ1n) is 6.52. The van der Waals surface area contributed by atoms with Crippen LogP contribution in [0.5, 0.6) is 0 Å². The number of likely N-dealkylation sites (tertiary alicyclic amines) is 1. The minimum absolute atomic E-state index is 0.141. The Hall–Kier alpha value is -0.670. The smallest absolute Gasteiger partial charge is 0.105 e. The van der Waals surface area contributed by atoms with Crippen molar-refractivity contribution in [1.82, 2.24) is 10.2 Å². The Labute approximate surface area is 110 Å². The van der Waals surface area contributed by atoms with Gasteiger partial charge in [-0.1, -0.05) is 6.92 Å². The molecule has 104 valence electrons. The van der Waals surface area contributed by atoms with Crippen molar-refractivity contribution in [1.29, 1.82) is 5.26 Å². The molecule has 0 aromatic rings. The van der Waals surface area contributed by atoms with Crippen molar-refractivity contribution in [3.8, 4) is 6.07 Å². The van der Waals surface area contributed by atoms with Gasteiger partial charge in [0.25, 0.3) is 0 Å². The van der Waals surface area contributed by atoms with Gasteiger partial charge in [-0.05, 0) is 19.9 Å². The van der Waals surface area contributed by atoms with Crippen LogP contribution in [0, 0.1) is 11.3 Å². The van der Waals surface area contributed by atoms with E-state index in [0.717, 1.165) is 32.6 Å². The van der Waals surface area contributed by atoms with Gasteiger partial charge in [-0.2, -0.15) is 5.26 Å². The van der Waals surface area contributed by atoms with Crippen LogP contribution in [0.15, 0.2) is 0 Å². The molecule has 1 aliphatic rings. The lowest BCUT2D eigenvalue weighted by atomic mass is 9.99. The molecule has 0 spiro atoms. The number of nitrogens with one attached hydrogen (secondary N) is 1. The zero-order valence-electron chi connectivity index (χ0n) is 11.9. The summed E-state index contributed by atoms with van der Waals surface area (Å²) in [6, 6.07) is 2.35. The standard InChI is InChI=1S/C13H25N3O2/c1-5-15-13(2,10-14)6-7-16-8-11(17-3)12(9-16)18-4/h11-12,15H,5-9H2,1-4H3. The molecular formula is C13H25N3O2. The highest BCUT2D eigenvalue weighted by molar-refractivity contribution is 5.04. The predicted molar refractivity (Wildman–Crippen MR) is 70.3 cm³/mol. The van der Waals surface area contributed by atoms with Crippen LogP contribution in [0.3, 0.4) is 0 Å². The van der Waals surface area contributed by atoms with Gasteiger partial charge in [0.1, 0.15) is 5.54 Å². The molecule has 1 aliphatic heterocycles. The summed E-state index contributed by atoms with van der Waals surface area (Å²) >= 11 is 0. The van der Waals surface area contributed by atoms with Crippen molar-refractivity contribution in [2.45, 2.75) is 38.0 Å². The average molecular weight is 255 g/mol. The summed E-state index contributed by atoms with van der Waals surface area (Å²) < 4.78 is 10.8. The van der Waals surface area contributed by atoms with Crippen molar-refractivity contribution < 1.29 is 9.47 Å². The molecule has 5 heteroatoms. The van der Waals surface area contributed by atoms with E-state index in [4.69, 9.17) is 9.47 Å². The second-order valence-electron chi connectivity index (χ2n) is 5.03. The van der Waals surface area contributed by atoms with Crippen LogP contribution in [0.1, 0.15) is 20.3 Å². The maximum absolute atomic E-state index is 9.21. The van der Waals surface area contributed by atoms with Crippen molar-refractivity contribution in [2.75, 3.05) is 40.4 Å². The van der Waals surface area contributed by atoms with Gasteiger partial charge in [-0.15, -0.1) is 0 Å². The monoisotopic (exact) mass is 255 g/mol. The van der Waals surface area contributed by atoms with Crippen LogP contribution in [-0.2, 0) is 9.47 Å². The number of ether oxygens (including phenoxy) is 2. The Bertz CT molecular complexity index is 280. The Morgan fingerprint density at radius 3 is 2.28 bits per heavy atom. The molecule has 0 amide bonds. The fraction of sp³-hybridized carbons (Fsp3) is 0.923. The normalized spacial score (nSPS) is 27.9. The topological polar surface area (TPSA) is 57.5 Å². The van der Waals surface area contributed by atoms with Gasteiger partial charge >= 0.3 is 0 Å². The summed E-state index contributed by atoms with van der Waals surface area (Å²) in [4.78, 5) is 2.30. The summed E-state index contributed by atoms with van der Waals surface area (Å²) in [7, 11) is 3.44. The van der Waals surface area contributed by atoms with Crippen LogP contribution in [-0.4, -0.2) is 63.0 Å². The Kier molecular flexibility index (Phi) is 6.03. The van der Waals surface area contributed by atoms with Crippen LogP contribution < -0.4 is 5.32 Å². The van der Waals surface area contributed by atoms with E-state index >= 15 is 0 Å². The van der Waals surface area contributed by atoms with Gasteiger partial charge < -0.3 is 9.47 Å². The maximum atomic E-state index is 9.21. The number of rotatable bonds is 7. The molecule has 0 aromatic carbocycles. The minimum Gasteiger partial charge on any atom is -0.377 e. The molecule has 3 unspecified atom stereocenters. The molecule has 3 atom stereocenters. The second-order valence-corrected chi connectivity index (χ2v) is 5.03. The lowest BCUT2D eigenvalue weighted by molar-refractivity contribution is -0.00461. The van der Waals surface area contributed by atoms with E-state index in [9.17, 15) is 5.26 Å². The van der Waals surface area contributed by atoms with E-state index in [-0.39, 0.29) is 12.2 Å². The molecule has 1 N–H and O–H groups in total. The number of hydrogen-bond donors (Lipinski definition) is 1. The van der Waals surface area contributed by atoms with Crippen LogP contribution in [0.4, 0.5) is 0 Å². The molecule has 0 saturated carbocycles. The summed E-state index contributed by atoms with van der Waals surface area (Å²) in [5, 5.41) is 12.4. The summed E-state index contributed by atoms with van der Waals surface area (Å²) in [6.45, 7) is 7.43. The lowest BCUT2D eigenvalue weighted by Crippen LogP contribution is -2.43. The molecule has 5 nitrogen and oxygen atoms in total. The van der Waals surface area contributed by atoms with Crippen LogP contribution in [0.2, 0.25) is 0 Å². The van der Waals surface area contributed by atoms with E-state index in [1.807, 2.05) is 13.8 Å². The van der Waals surface area contributed by atoms with E-state index in [1.165, 1.54) is 0 Å². The molecule has 0 bridgehead atoms. The highest BCUT2D eigenvalue weighted by Crippen LogP contribution is 2.18. The number of hydrogen-bond acceptors (Lipinski definition) is 5. The zero-order chi connectivity index (χ0) is 13.6. The van der Waals surface area contributed by atoms with Gasteiger partial charge in [0.15, 0.2) is 0 Å². The second kappa shape index (κ2) is 7.05. The average Bonchev–Trinajstić information content (AvgIpc) is 2.79. The highest BCUT2D eigenvalue weighted by Gasteiger charge is 2.34. The fourth-order valence-electron chi connectivity index (χ4n) is 2.41. The number of nitriles is 1. The fourth-order valence-corrected chi connectivity index (χ4v) is 2.41. The SMILES string of the molecule is CCNC(C)(C#N)CCN1CC(OC)C(OC)C1. The lowest BCUT2D eigenvalue weighted by Gasteiger charge is -2.25. The first kappa shape index (κ1) is 15.4. The Morgan fingerprint density at radius 1 is 1.33 bits per heavy atom. The van der Waals surface area contributed by atoms with Gasteiger partial charge in [-0.3, -0.25) is 10.2 Å². The number of nitrogens with zero attached hydrogens (tertiary/aromatic N) is 2. The molecular weight excluding hydrogens is 230 g/mol. The zero-order valence-corrected chi connectivity index (χ0v) is 11.9. The van der Waals surface area contributed by atoms with Crippen molar-refractivity contribution >= 4 is 0 Å². The molecule has 1 rings (SSSR count). The quantitative estimate of drug-likeness (QED) is 0.722. The van der Waals surface area contributed by atoms with E-state index in [2.05, 4.69) is 16.3 Å². The van der Waals surface area contributed by atoms with Gasteiger partial charge in [0.2, 0.25) is 0 Å². The Morgan fingerprint density at radius 2 is 1.89 bits per heavy atom. The molecule has 0 radical (unpaired) electrons. The minimum atomic E-state index is -0.442. The maximum Gasteiger partial charge on any atom is 0.105 e. The van der Waals surface area contributed by atoms with Gasteiger partial charge in [0, 0.05) is 33.9 Å². The summed E-state index contributed by atoms with van der Waals surface area (Å²) in [5.74, 6) is 0. The molecule has 18 heavy (non-hydrogen) atoms. The van der Waals surface area contributed by atoms with Crippen molar-refractivity contribution in [3.63, 3.8) is 0 Å². The molecule has 1 heterocycles. The van der Waals surface area contributed by atoms with Gasteiger partial charge in [0.05, 0.1) is 18.3 Å². The van der Waals surface area contributed by atoms with E-state index < -0.39 is 5.54 Å². The highest BCUT2D eigenvalue weighted by atomic mass is 16.5. The van der Waals surface area contributed by atoms with Crippen molar-refractivity contribution in [2.24, 2.45) is 0 Å². The number of methoxy groups -OCH3 is 2. The first-order chi connectivity index (χ1) is 8.58. The third kappa shape index (κ3) is 3.92. The first-order valence-corrected chi connectivity index (χ1v) is 6.52. The van der Waals surface area contributed by atoms with E-state index in [1.54, 1.807) is 14.2 Å². The van der Waals surface area contributed by atoms with Crippen LogP contribution >= 0.6 is 0 Å². The third-order valence-corrected chi connectivity index (χ3v) is 3.64. The molecule has 1 fully saturated rings. The summed E-state index contributed by atoms with van der Waals surface area (Å²) in [5.41, 5.74) is -0.442. The van der Waals surface area contributed by atoms with Crippen LogP contribution in [0.25, 0.3) is 0 Å². The van der Waals surface area contributed by atoms with E-state index in [0.29, 0.717) is 0 Å². The van der Waals surface area contributed by atoms with Gasteiger partial charge in [-0.25, -0.2) is 0 Å². The molecule has 0 aliphatic carbocycles. The molecule has 0 aromatic heterocycles. The summed E-state index contributed by atoms with van der Waals surface area (Å²) in [6.07, 6.45) is 1.09. The van der Waals surface area contributed by atoms with Crippen molar-refractivity contribution in [3.05, 3.63) is 0 Å². The Balaban J connectivity index is 2.43. The third-order valence-electron chi connectivity index (χ3n) is 3.64. The predicted octanol–water partition coefficient (Wildman–Crippen LogP) is 0.614.